The Bertz CT molecular complexity index is 607. The van der Waals surface area contributed by atoms with E-state index in [0.29, 0.717) is 11.1 Å². The molecule has 1 unspecified atom stereocenters. The van der Waals surface area contributed by atoms with Crippen LogP contribution in [0.5, 0.6) is 0 Å². The predicted octanol–water partition coefficient (Wildman–Crippen LogP) is 2.84. The summed E-state index contributed by atoms with van der Waals surface area (Å²) in [5.41, 5.74) is 1.81. The molecule has 2 aromatic rings. The average molecular weight is 256 g/mol. The summed E-state index contributed by atoms with van der Waals surface area (Å²) in [7, 11) is 0. The van der Waals surface area contributed by atoms with Crippen molar-refractivity contribution < 1.29 is 9.50 Å². The minimum absolute atomic E-state index is 0.248. The van der Waals surface area contributed by atoms with Crippen molar-refractivity contribution in [3.05, 3.63) is 65.5 Å². The smallest absolute Gasteiger partial charge is 0.123 e. The molecule has 0 bridgehead atoms. The monoisotopic (exact) mass is 256 g/mol. The van der Waals surface area contributed by atoms with Gasteiger partial charge in [-0.2, -0.15) is 5.26 Å². The quantitative estimate of drug-likeness (QED) is 0.884. The molecule has 0 aliphatic carbocycles. The molecule has 0 aromatic heterocycles. The maximum Gasteiger partial charge on any atom is 0.123 e. The van der Waals surface area contributed by atoms with Crippen LogP contribution in [0.25, 0.3) is 0 Å². The van der Waals surface area contributed by atoms with Gasteiger partial charge >= 0.3 is 0 Å². The first-order valence-electron chi connectivity index (χ1n) is 5.86. The van der Waals surface area contributed by atoms with Gasteiger partial charge in [0.1, 0.15) is 5.82 Å². The first-order valence-corrected chi connectivity index (χ1v) is 5.86. The second-order valence-corrected chi connectivity index (χ2v) is 4.14. The van der Waals surface area contributed by atoms with Gasteiger partial charge in [-0.1, -0.05) is 18.2 Å². The zero-order valence-corrected chi connectivity index (χ0v) is 10.2. The standard InChI is InChI=1S/C15H13FN2O/c16-13-5-2-4-12(8-13)15(19)10-18-14-6-1-3-11(7-14)9-17/h1-8,15,18-19H,10H2. The van der Waals surface area contributed by atoms with Crippen molar-refractivity contribution in [2.75, 3.05) is 11.9 Å². The summed E-state index contributed by atoms with van der Waals surface area (Å²) < 4.78 is 13.0. The van der Waals surface area contributed by atoms with Crippen LogP contribution in [0.1, 0.15) is 17.2 Å². The number of nitriles is 1. The number of nitrogens with one attached hydrogen (secondary N) is 1. The summed E-state index contributed by atoms with van der Waals surface area (Å²) in [6, 6.07) is 14.9. The Labute approximate surface area is 110 Å². The molecule has 0 fully saturated rings. The van der Waals surface area contributed by atoms with E-state index in [4.69, 9.17) is 5.26 Å². The lowest BCUT2D eigenvalue weighted by atomic mass is 10.1. The summed E-state index contributed by atoms with van der Waals surface area (Å²) in [5.74, 6) is -0.372. The van der Waals surface area contributed by atoms with Crippen molar-refractivity contribution in [3.63, 3.8) is 0 Å². The highest BCUT2D eigenvalue weighted by atomic mass is 19.1. The molecule has 1 atom stereocenters. The van der Waals surface area contributed by atoms with Gasteiger partial charge < -0.3 is 10.4 Å². The first kappa shape index (κ1) is 13.1. The molecular formula is C15H13FN2O. The van der Waals surface area contributed by atoms with Crippen LogP contribution in [0.4, 0.5) is 10.1 Å². The van der Waals surface area contributed by atoms with Crippen LogP contribution in [0, 0.1) is 17.1 Å². The molecule has 0 saturated carbocycles. The van der Waals surface area contributed by atoms with E-state index in [2.05, 4.69) is 5.32 Å². The van der Waals surface area contributed by atoms with E-state index in [1.807, 2.05) is 6.07 Å². The Balaban J connectivity index is 2.00. The number of anilines is 1. The lowest BCUT2D eigenvalue weighted by Gasteiger charge is -2.13. The Kier molecular flexibility index (Phi) is 4.11. The number of halogens is 1. The van der Waals surface area contributed by atoms with Crippen LogP contribution >= 0.6 is 0 Å². The molecule has 2 rings (SSSR count). The fourth-order valence-electron chi connectivity index (χ4n) is 1.74. The van der Waals surface area contributed by atoms with Gasteiger partial charge in [0, 0.05) is 12.2 Å². The molecule has 0 aliphatic rings. The zero-order valence-electron chi connectivity index (χ0n) is 10.2. The van der Waals surface area contributed by atoms with Gasteiger partial charge in [-0.25, -0.2) is 4.39 Å². The minimum Gasteiger partial charge on any atom is -0.387 e. The second-order valence-electron chi connectivity index (χ2n) is 4.14. The Morgan fingerprint density at radius 2 is 2.00 bits per heavy atom. The number of benzene rings is 2. The molecule has 2 aromatic carbocycles. The summed E-state index contributed by atoms with van der Waals surface area (Å²) in [6.45, 7) is 0.248. The third-order valence-corrected chi connectivity index (χ3v) is 2.72. The number of nitrogens with zero attached hydrogens (tertiary/aromatic N) is 1. The van der Waals surface area contributed by atoms with Crippen molar-refractivity contribution in [1.29, 1.82) is 5.26 Å². The molecule has 3 nitrogen and oxygen atoms in total. The molecule has 0 spiro atoms. The topological polar surface area (TPSA) is 56.0 Å². The summed E-state index contributed by atoms with van der Waals surface area (Å²) in [4.78, 5) is 0. The van der Waals surface area contributed by atoms with Crippen molar-refractivity contribution in [2.24, 2.45) is 0 Å². The van der Waals surface area contributed by atoms with Gasteiger partial charge in [-0.15, -0.1) is 0 Å². The number of hydrogen-bond acceptors (Lipinski definition) is 3. The molecule has 4 heteroatoms. The molecule has 0 amide bonds. The van der Waals surface area contributed by atoms with Crippen molar-refractivity contribution in [1.82, 2.24) is 0 Å². The second kappa shape index (κ2) is 5.98. The summed E-state index contributed by atoms with van der Waals surface area (Å²) in [5, 5.41) is 21.7. The van der Waals surface area contributed by atoms with Crippen LogP contribution in [0.3, 0.4) is 0 Å². The highest BCUT2D eigenvalue weighted by Crippen LogP contribution is 2.16. The van der Waals surface area contributed by atoms with Crippen LogP contribution in [0.15, 0.2) is 48.5 Å². The molecule has 0 saturated heterocycles. The van der Waals surface area contributed by atoms with Crippen LogP contribution in [0.2, 0.25) is 0 Å². The van der Waals surface area contributed by atoms with Gasteiger partial charge in [-0.05, 0) is 35.9 Å². The number of aliphatic hydroxyl groups is 1. The summed E-state index contributed by atoms with van der Waals surface area (Å²) in [6.07, 6.45) is -0.804. The van der Waals surface area contributed by atoms with E-state index >= 15 is 0 Å². The number of rotatable bonds is 4. The van der Waals surface area contributed by atoms with Gasteiger partial charge in [0.15, 0.2) is 0 Å². The predicted molar refractivity (Wildman–Crippen MR) is 71.0 cm³/mol. The normalized spacial score (nSPS) is 11.6. The average Bonchev–Trinajstić information content (AvgIpc) is 2.45. The maximum atomic E-state index is 13.0. The van der Waals surface area contributed by atoms with Crippen LogP contribution in [-0.4, -0.2) is 11.7 Å². The Morgan fingerprint density at radius 1 is 1.21 bits per heavy atom. The molecule has 0 aliphatic heterocycles. The third-order valence-electron chi connectivity index (χ3n) is 2.72. The van der Waals surface area contributed by atoms with E-state index in [0.717, 1.165) is 5.69 Å². The van der Waals surface area contributed by atoms with E-state index in [-0.39, 0.29) is 12.4 Å². The molecule has 2 N–H and O–H groups in total. The molecule has 19 heavy (non-hydrogen) atoms. The maximum absolute atomic E-state index is 13.0. The SMILES string of the molecule is N#Cc1cccc(NCC(O)c2cccc(F)c2)c1. The van der Waals surface area contributed by atoms with Crippen molar-refractivity contribution in [3.8, 4) is 6.07 Å². The largest absolute Gasteiger partial charge is 0.387 e. The van der Waals surface area contributed by atoms with E-state index in [9.17, 15) is 9.50 Å². The van der Waals surface area contributed by atoms with E-state index in [1.54, 1.807) is 36.4 Å². The van der Waals surface area contributed by atoms with Gasteiger partial charge in [0.25, 0.3) is 0 Å². The van der Waals surface area contributed by atoms with Crippen LogP contribution < -0.4 is 5.32 Å². The van der Waals surface area contributed by atoms with Gasteiger partial charge in [-0.3, -0.25) is 0 Å². The molecule has 0 radical (unpaired) electrons. The Morgan fingerprint density at radius 3 is 2.74 bits per heavy atom. The minimum atomic E-state index is -0.804. The molecule has 96 valence electrons. The molecular weight excluding hydrogens is 243 g/mol. The highest BCUT2D eigenvalue weighted by molar-refractivity contribution is 5.49. The van der Waals surface area contributed by atoms with Crippen molar-refractivity contribution in [2.45, 2.75) is 6.10 Å². The lowest BCUT2D eigenvalue weighted by Crippen LogP contribution is -2.12. The Hall–Kier alpha value is -2.38. The molecule has 0 heterocycles. The van der Waals surface area contributed by atoms with Gasteiger partial charge in [0.2, 0.25) is 0 Å². The zero-order chi connectivity index (χ0) is 13.7. The fraction of sp³-hybridized carbons (Fsp3) is 0.133. The van der Waals surface area contributed by atoms with Crippen LogP contribution in [-0.2, 0) is 0 Å². The van der Waals surface area contributed by atoms with E-state index in [1.165, 1.54) is 12.1 Å². The fourth-order valence-corrected chi connectivity index (χ4v) is 1.74. The summed E-state index contributed by atoms with van der Waals surface area (Å²) >= 11 is 0. The van der Waals surface area contributed by atoms with E-state index < -0.39 is 6.10 Å². The third kappa shape index (κ3) is 3.54. The number of aliphatic hydroxyl groups excluding tert-OH is 1. The van der Waals surface area contributed by atoms with Crippen molar-refractivity contribution >= 4 is 5.69 Å². The van der Waals surface area contributed by atoms with Gasteiger partial charge in [0.05, 0.1) is 17.7 Å². The lowest BCUT2D eigenvalue weighted by molar-refractivity contribution is 0.191. The first-order chi connectivity index (χ1) is 9.19. The number of hydrogen-bond donors (Lipinski definition) is 2. The highest BCUT2D eigenvalue weighted by Gasteiger charge is 2.08.